The Hall–Kier alpha value is -2.34. The van der Waals surface area contributed by atoms with Crippen molar-refractivity contribution in [3.63, 3.8) is 0 Å². The van der Waals surface area contributed by atoms with Crippen LogP contribution in [0.15, 0.2) is 30.3 Å². The molecular weight excluding hydrogens is 320 g/mol. The maximum absolute atomic E-state index is 11.1. The van der Waals surface area contributed by atoms with E-state index in [1.807, 2.05) is 18.2 Å². The molecule has 0 spiro atoms. The lowest BCUT2D eigenvalue weighted by molar-refractivity contribution is -0.137. The molecule has 124 valence electrons. The Labute approximate surface area is 138 Å². The second-order valence-electron chi connectivity index (χ2n) is 4.01. The van der Waals surface area contributed by atoms with Gasteiger partial charge in [0, 0.05) is 30.4 Å². The van der Waals surface area contributed by atoms with Crippen LogP contribution in [0.5, 0.6) is 0 Å². The summed E-state index contributed by atoms with van der Waals surface area (Å²) < 4.78 is 0. The Balaban J connectivity index is 0.000000422. The first-order valence-electron chi connectivity index (χ1n) is 6.54. The quantitative estimate of drug-likeness (QED) is 0.400. The van der Waals surface area contributed by atoms with E-state index in [1.54, 1.807) is 12.1 Å². The largest absolute Gasteiger partial charge is 0.480 e. The van der Waals surface area contributed by atoms with Gasteiger partial charge in [0.2, 0.25) is 5.12 Å². The molecule has 8 heteroatoms. The third-order valence-corrected chi connectivity index (χ3v) is 2.73. The molecule has 0 radical (unpaired) electrons. The molecule has 0 saturated heterocycles. The maximum atomic E-state index is 11.1. The highest BCUT2D eigenvalue weighted by Gasteiger charge is 2.01. The van der Waals surface area contributed by atoms with Crippen LogP contribution in [-0.2, 0) is 9.59 Å². The van der Waals surface area contributed by atoms with Crippen molar-refractivity contribution in [1.29, 1.82) is 0 Å². The van der Waals surface area contributed by atoms with Gasteiger partial charge in [-0.15, -0.1) is 6.42 Å². The Morgan fingerprint density at radius 2 is 1.48 bits per heavy atom. The summed E-state index contributed by atoms with van der Waals surface area (Å²) in [4.78, 5) is 31.0. The van der Waals surface area contributed by atoms with Crippen molar-refractivity contribution >= 4 is 28.8 Å². The number of hydrogen-bond acceptors (Lipinski definition) is 6. The summed E-state index contributed by atoms with van der Waals surface area (Å²) in [7, 11) is 0. The van der Waals surface area contributed by atoms with Gasteiger partial charge in [0.05, 0.1) is 13.1 Å². The van der Waals surface area contributed by atoms with E-state index in [9.17, 15) is 14.4 Å². The van der Waals surface area contributed by atoms with Crippen LogP contribution in [0.2, 0.25) is 0 Å². The van der Waals surface area contributed by atoms with Crippen molar-refractivity contribution in [2.45, 2.75) is 0 Å². The highest BCUT2D eigenvalue weighted by atomic mass is 32.2. The van der Waals surface area contributed by atoms with Gasteiger partial charge in [-0.3, -0.25) is 14.4 Å². The molecule has 0 atom stereocenters. The summed E-state index contributed by atoms with van der Waals surface area (Å²) >= 11 is 0.873. The minimum absolute atomic E-state index is 0.0758. The van der Waals surface area contributed by atoms with E-state index in [4.69, 9.17) is 16.6 Å². The number of rotatable bonds is 8. The van der Waals surface area contributed by atoms with Crippen LogP contribution >= 0.6 is 11.8 Å². The second-order valence-corrected chi connectivity index (χ2v) is 4.83. The zero-order valence-corrected chi connectivity index (χ0v) is 13.1. The molecule has 0 aliphatic heterocycles. The summed E-state index contributed by atoms with van der Waals surface area (Å²) in [6.07, 6.45) is 4.96. The summed E-state index contributed by atoms with van der Waals surface area (Å²) in [6, 6.07) is 8.96. The molecule has 23 heavy (non-hydrogen) atoms. The summed E-state index contributed by atoms with van der Waals surface area (Å²) in [6.45, 7) is 0.683. The second kappa shape index (κ2) is 13.3. The summed E-state index contributed by atoms with van der Waals surface area (Å²) in [5.74, 6) is -1.85. The molecule has 1 aromatic rings. The zero-order valence-electron chi connectivity index (χ0n) is 12.3. The third-order valence-electron chi connectivity index (χ3n) is 2.19. The molecule has 0 unspecified atom stereocenters. The van der Waals surface area contributed by atoms with Crippen molar-refractivity contribution in [2.24, 2.45) is 0 Å². The number of nitrogens with one attached hydrogen (secondary N) is 2. The molecule has 4 N–H and O–H groups in total. The highest BCUT2D eigenvalue weighted by molar-refractivity contribution is 8.18. The van der Waals surface area contributed by atoms with Gasteiger partial charge in [0.15, 0.2) is 0 Å². The minimum Gasteiger partial charge on any atom is -0.480 e. The molecule has 1 rings (SSSR count). The average Bonchev–Trinajstić information content (AvgIpc) is 2.52. The predicted molar refractivity (Wildman–Crippen MR) is 88.2 cm³/mol. The van der Waals surface area contributed by atoms with E-state index in [1.165, 1.54) is 0 Å². The third kappa shape index (κ3) is 13.1. The fourth-order valence-electron chi connectivity index (χ4n) is 1.25. The van der Waals surface area contributed by atoms with Crippen LogP contribution < -0.4 is 10.6 Å². The van der Waals surface area contributed by atoms with Gasteiger partial charge in [-0.1, -0.05) is 30.3 Å². The van der Waals surface area contributed by atoms with Crippen LogP contribution in [0.1, 0.15) is 10.4 Å². The summed E-state index contributed by atoms with van der Waals surface area (Å²) in [5.41, 5.74) is 0.649. The number of benzene rings is 1. The number of aliphatic carboxylic acids is 2. The van der Waals surface area contributed by atoms with Crippen molar-refractivity contribution in [3.05, 3.63) is 35.9 Å². The predicted octanol–water partition coefficient (Wildman–Crippen LogP) is 0.486. The Morgan fingerprint density at radius 3 is 1.87 bits per heavy atom. The lowest BCUT2D eigenvalue weighted by Crippen LogP contribution is -2.33. The normalized spacial score (nSPS) is 9.17. The first-order chi connectivity index (χ1) is 11.0. The molecule has 7 nitrogen and oxygen atoms in total. The molecule has 1 aromatic carbocycles. The minimum atomic E-state index is -0.923. The topological polar surface area (TPSA) is 116 Å². The molecule has 0 heterocycles. The van der Waals surface area contributed by atoms with Crippen molar-refractivity contribution in [2.75, 3.05) is 26.2 Å². The number of carbonyl (C=O) groups excluding carboxylic acids is 1. The fourth-order valence-corrected chi connectivity index (χ4v) is 1.62. The highest BCUT2D eigenvalue weighted by Crippen LogP contribution is 2.09. The number of hydrogen-bond donors (Lipinski definition) is 4. The van der Waals surface area contributed by atoms with E-state index in [0.717, 1.165) is 11.8 Å². The van der Waals surface area contributed by atoms with Crippen LogP contribution in [0.3, 0.4) is 0 Å². The number of carbonyl (C=O) groups is 3. The number of carboxylic acids is 2. The first-order valence-corrected chi connectivity index (χ1v) is 7.36. The molecule has 0 bridgehead atoms. The molecule has 0 amide bonds. The van der Waals surface area contributed by atoms with Gasteiger partial charge in [-0.25, -0.2) is 0 Å². The number of carboxylic acid groups (broad SMARTS) is 2. The lowest BCUT2D eigenvalue weighted by atomic mass is 10.2. The van der Waals surface area contributed by atoms with Gasteiger partial charge in [-0.2, -0.15) is 0 Å². The Bertz CT molecular complexity index is 525. The van der Waals surface area contributed by atoms with Gasteiger partial charge in [0.1, 0.15) is 0 Å². The van der Waals surface area contributed by atoms with E-state index < -0.39 is 11.9 Å². The molecular formula is C15H18N2O5S. The fraction of sp³-hybridized carbons (Fsp3) is 0.267. The zero-order chi connectivity index (χ0) is 17.5. The van der Waals surface area contributed by atoms with Crippen molar-refractivity contribution in [3.8, 4) is 11.7 Å². The van der Waals surface area contributed by atoms with Crippen LogP contribution in [0.25, 0.3) is 0 Å². The van der Waals surface area contributed by atoms with E-state index >= 15 is 0 Å². The van der Waals surface area contributed by atoms with Gasteiger partial charge >= 0.3 is 11.9 Å². The maximum Gasteiger partial charge on any atom is 0.317 e. The first kappa shape index (κ1) is 20.7. The molecule has 0 aliphatic rings. The molecule has 0 saturated carbocycles. The van der Waals surface area contributed by atoms with Crippen molar-refractivity contribution < 1.29 is 24.6 Å². The molecule has 0 aliphatic carbocycles. The lowest BCUT2D eigenvalue weighted by Gasteiger charge is -2.01. The van der Waals surface area contributed by atoms with Gasteiger partial charge < -0.3 is 20.8 Å². The van der Waals surface area contributed by atoms with Crippen molar-refractivity contribution in [1.82, 2.24) is 10.6 Å². The standard InChI is InChI=1S/C9H6OS.C6H12N2O4/c1-2-11-9(10)8-6-4-3-5-7-8;9-5(10)3-7-1-2-8-4-6(11)12/h1,3-7H;7-8H,1-4H2,(H,9,10)(H,11,12). The van der Waals surface area contributed by atoms with E-state index in [0.29, 0.717) is 18.7 Å². The Kier molecular flexibility index (Phi) is 12.0. The average molecular weight is 338 g/mol. The molecule has 0 fully saturated rings. The van der Waals surface area contributed by atoms with Crippen LogP contribution in [0, 0.1) is 11.7 Å². The molecule has 0 aromatic heterocycles. The van der Waals surface area contributed by atoms with Gasteiger partial charge in [-0.05, 0) is 5.25 Å². The smallest absolute Gasteiger partial charge is 0.317 e. The number of thioether (sulfide) groups is 1. The number of terminal acetylenes is 1. The Morgan fingerprint density at radius 1 is 1.00 bits per heavy atom. The van der Waals surface area contributed by atoms with Gasteiger partial charge in [0.25, 0.3) is 0 Å². The van der Waals surface area contributed by atoms with Crippen LogP contribution in [-0.4, -0.2) is 53.4 Å². The van der Waals surface area contributed by atoms with E-state index in [-0.39, 0.29) is 18.2 Å². The SMILES string of the molecule is C#CSC(=O)c1ccccc1.O=C(O)CNCCNCC(=O)O. The monoisotopic (exact) mass is 338 g/mol. The van der Waals surface area contributed by atoms with E-state index in [2.05, 4.69) is 15.9 Å². The van der Waals surface area contributed by atoms with Crippen LogP contribution in [0.4, 0.5) is 0 Å². The summed E-state index contributed by atoms with van der Waals surface area (Å²) in [5, 5.41) is 23.7.